The minimum Gasteiger partial charge on any atom is -0.307 e. The summed E-state index contributed by atoms with van der Waals surface area (Å²) in [5, 5.41) is 0. The third kappa shape index (κ3) is 6.23. The molecular weight excluding hydrogens is 224 g/mol. The molecule has 0 aromatic heterocycles. The molecule has 0 bridgehead atoms. The molecule has 1 N–H and O–H groups in total. The number of nitrogens with zero attached hydrogens (tertiary/aromatic N) is 1. The van der Waals surface area contributed by atoms with Gasteiger partial charge in [0.15, 0.2) is 0 Å². The Kier molecular flexibility index (Phi) is 6.84. The van der Waals surface area contributed by atoms with E-state index in [0.717, 1.165) is 12.2 Å². The van der Waals surface area contributed by atoms with Gasteiger partial charge in [0.05, 0.1) is 12.3 Å². The molecule has 0 aliphatic heterocycles. The summed E-state index contributed by atoms with van der Waals surface area (Å²) in [6, 6.07) is 10.2. The fourth-order valence-electron chi connectivity index (χ4n) is 1.30. The fourth-order valence-corrected chi connectivity index (χ4v) is 1.30. The molecule has 0 atom stereocenters. The van der Waals surface area contributed by atoms with Gasteiger partial charge >= 0.3 is 0 Å². The number of likely N-dealkylation sites (N-methyl/N-ethyl adjacent to an activating group) is 1. The number of rotatable bonds is 7. The lowest BCUT2D eigenvalue weighted by Crippen LogP contribution is -2.22. The molecule has 0 heterocycles. The molecule has 98 valence electrons. The van der Waals surface area contributed by atoms with Crippen LogP contribution in [0.4, 0.5) is 0 Å². The van der Waals surface area contributed by atoms with Crippen molar-refractivity contribution in [3.63, 3.8) is 0 Å². The first kappa shape index (κ1) is 14.5. The van der Waals surface area contributed by atoms with E-state index in [2.05, 4.69) is 28.6 Å². The second-order valence-electron chi connectivity index (χ2n) is 4.24. The number of hydroxylamine groups is 1. The van der Waals surface area contributed by atoms with E-state index in [4.69, 9.17) is 4.84 Å². The number of benzene rings is 1. The highest BCUT2D eigenvalue weighted by Crippen LogP contribution is 2.03. The Bertz CT molecular complexity index is 383. The molecule has 0 aliphatic rings. The molecular formula is C15H22N2O. The summed E-state index contributed by atoms with van der Waals surface area (Å²) >= 11 is 0. The third-order valence-electron chi connectivity index (χ3n) is 2.40. The molecule has 1 aromatic rings. The van der Waals surface area contributed by atoms with Gasteiger partial charge in [0.2, 0.25) is 0 Å². The quantitative estimate of drug-likeness (QED) is 0.455. The maximum Gasteiger partial charge on any atom is 0.0872 e. The molecule has 0 fully saturated rings. The summed E-state index contributed by atoms with van der Waals surface area (Å²) in [6.07, 6.45) is 6.04. The Hall–Kier alpha value is -1.58. The van der Waals surface area contributed by atoms with E-state index in [1.54, 1.807) is 0 Å². The van der Waals surface area contributed by atoms with Crippen LogP contribution in [0.2, 0.25) is 0 Å². The zero-order valence-corrected chi connectivity index (χ0v) is 11.4. The predicted molar refractivity (Wildman–Crippen MR) is 76.9 cm³/mol. The Balaban J connectivity index is 2.36. The summed E-state index contributed by atoms with van der Waals surface area (Å²) in [6.45, 7) is 3.53. The van der Waals surface area contributed by atoms with Crippen LogP contribution >= 0.6 is 0 Å². The molecule has 0 saturated heterocycles. The van der Waals surface area contributed by atoms with Crippen molar-refractivity contribution in [1.82, 2.24) is 10.4 Å². The van der Waals surface area contributed by atoms with Crippen LogP contribution in [0.1, 0.15) is 12.5 Å². The maximum absolute atomic E-state index is 5.37. The number of hydrogen-bond donors (Lipinski definition) is 1. The van der Waals surface area contributed by atoms with Gasteiger partial charge in [0, 0.05) is 6.54 Å². The zero-order chi connectivity index (χ0) is 13.2. The summed E-state index contributed by atoms with van der Waals surface area (Å²) in [5.74, 6) is 0. The molecule has 0 saturated carbocycles. The van der Waals surface area contributed by atoms with E-state index in [-0.39, 0.29) is 0 Å². The summed E-state index contributed by atoms with van der Waals surface area (Å²) in [7, 11) is 4.05. The number of hydrogen-bond acceptors (Lipinski definition) is 3. The standard InChI is InChI=1S/C15H22N2O/c1-4-15(16-18-13-12-17(2)3)11-10-14-8-6-5-7-9-14/h4-11,16H,12-13H2,1-3H3. The normalized spacial score (nSPS) is 12.3. The van der Waals surface area contributed by atoms with Gasteiger partial charge in [-0.2, -0.15) is 0 Å². The lowest BCUT2D eigenvalue weighted by molar-refractivity contribution is 0.0547. The lowest BCUT2D eigenvalue weighted by Gasteiger charge is -2.11. The molecule has 0 amide bonds. The number of nitrogens with one attached hydrogen (secondary N) is 1. The van der Waals surface area contributed by atoms with Crippen molar-refractivity contribution in [3.8, 4) is 0 Å². The highest BCUT2D eigenvalue weighted by Gasteiger charge is 1.92. The van der Waals surface area contributed by atoms with Crippen LogP contribution in [0.15, 0.2) is 48.2 Å². The molecule has 18 heavy (non-hydrogen) atoms. The zero-order valence-electron chi connectivity index (χ0n) is 11.4. The topological polar surface area (TPSA) is 24.5 Å². The van der Waals surface area contributed by atoms with E-state index in [1.807, 2.05) is 51.4 Å². The van der Waals surface area contributed by atoms with Gasteiger partial charge in [0.25, 0.3) is 0 Å². The SMILES string of the molecule is CC=C(C=Cc1ccccc1)NOCCN(C)C. The first-order chi connectivity index (χ1) is 8.72. The monoisotopic (exact) mass is 246 g/mol. The summed E-state index contributed by atoms with van der Waals surface area (Å²) in [4.78, 5) is 7.45. The van der Waals surface area contributed by atoms with Crippen LogP contribution in [-0.4, -0.2) is 32.1 Å². The van der Waals surface area contributed by atoms with Gasteiger partial charge in [-0.25, -0.2) is 0 Å². The van der Waals surface area contributed by atoms with Crippen molar-refractivity contribution < 1.29 is 4.84 Å². The smallest absolute Gasteiger partial charge is 0.0872 e. The molecule has 0 spiro atoms. The molecule has 0 unspecified atom stereocenters. The minimum atomic E-state index is 0.656. The van der Waals surface area contributed by atoms with Gasteiger partial charge < -0.3 is 4.90 Å². The summed E-state index contributed by atoms with van der Waals surface area (Å²) < 4.78 is 0. The number of allylic oxidation sites excluding steroid dienone is 2. The second kappa shape index (κ2) is 8.50. The second-order valence-corrected chi connectivity index (χ2v) is 4.24. The van der Waals surface area contributed by atoms with Gasteiger partial charge in [0.1, 0.15) is 0 Å². The highest BCUT2D eigenvalue weighted by molar-refractivity contribution is 5.52. The van der Waals surface area contributed by atoms with Crippen molar-refractivity contribution in [1.29, 1.82) is 0 Å². The van der Waals surface area contributed by atoms with Crippen LogP contribution in [0.5, 0.6) is 0 Å². The Morgan fingerprint density at radius 2 is 2.00 bits per heavy atom. The Morgan fingerprint density at radius 1 is 1.28 bits per heavy atom. The van der Waals surface area contributed by atoms with Crippen LogP contribution in [0.3, 0.4) is 0 Å². The van der Waals surface area contributed by atoms with E-state index >= 15 is 0 Å². The Labute approximate surface area is 110 Å². The van der Waals surface area contributed by atoms with Crippen LogP contribution in [-0.2, 0) is 4.84 Å². The average Bonchev–Trinajstić information content (AvgIpc) is 2.39. The van der Waals surface area contributed by atoms with E-state index in [0.29, 0.717) is 6.61 Å². The molecule has 3 heteroatoms. The molecule has 3 nitrogen and oxygen atoms in total. The predicted octanol–water partition coefficient (Wildman–Crippen LogP) is 2.69. The average molecular weight is 246 g/mol. The first-order valence-electron chi connectivity index (χ1n) is 6.14. The third-order valence-corrected chi connectivity index (χ3v) is 2.40. The molecule has 0 radical (unpaired) electrons. The van der Waals surface area contributed by atoms with Crippen LogP contribution in [0.25, 0.3) is 6.08 Å². The van der Waals surface area contributed by atoms with E-state index in [9.17, 15) is 0 Å². The molecule has 1 rings (SSSR count). The Morgan fingerprint density at radius 3 is 2.61 bits per heavy atom. The minimum absolute atomic E-state index is 0.656. The van der Waals surface area contributed by atoms with Crippen LogP contribution in [0, 0.1) is 0 Å². The van der Waals surface area contributed by atoms with Crippen molar-refractivity contribution in [2.75, 3.05) is 27.2 Å². The van der Waals surface area contributed by atoms with Gasteiger partial charge in [-0.05, 0) is 32.7 Å². The fraction of sp³-hybridized carbons (Fsp3) is 0.333. The van der Waals surface area contributed by atoms with Crippen molar-refractivity contribution >= 4 is 6.08 Å². The van der Waals surface area contributed by atoms with Gasteiger partial charge in [-0.15, -0.1) is 0 Å². The molecule has 1 aromatic carbocycles. The highest BCUT2D eigenvalue weighted by atomic mass is 16.6. The van der Waals surface area contributed by atoms with Crippen molar-refractivity contribution in [3.05, 3.63) is 53.7 Å². The maximum atomic E-state index is 5.37. The molecule has 0 aliphatic carbocycles. The van der Waals surface area contributed by atoms with E-state index < -0.39 is 0 Å². The van der Waals surface area contributed by atoms with E-state index in [1.165, 1.54) is 5.56 Å². The summed E-state index contributed by atoms with van der Waals surface area (Å²) in [5.41, 5.74) is 5.07. The lowest BCUT2D eigenvalue weighted by atomic mass is 10.2. The van der Waals surface area contributed by atoms with Gasteiger partial charge in [-0.3, -0.25) is 10.3 Å². The van der Waals surface area contributed by atoms with Crippen LogP contribution < -0.4 is 5.48 Å². The first-order valence-corrected chi connectivity index (χ1v) is 6.14. The van der Waals surface area contributed by atoms with Crippen molar-refractivity contribution in [2.24, 2.45) is 0 Å². The largest absolute Gasteiger partial charge is 0.307 e. The van der Waals surface area contributed by atoms with Gasteiger partial charge in [-0.1, -0.05) is 42.5 Å². The van der Waals surface area contributed by atoms with Crippen molar-refractivity contribution in [2.45, 2.75) is 6.92 Å².